The minimum atomic E-state index is -1.17. The second-order valence-electron chi connectivity index (χ2n) is 5.30. The number of aryl methyl sites for hydroxylation is 1. The highest BCUT2D eigenvalue weighted by Crippen LogP contribution is 2.28. The predicted octanol–water partition coefficient (Wildman–Crippen LogP) is 2.84. The Morgan fingerprint density at radius 2 is 2.04 bits per heavy atom. The molecule has 1 atom stereocenters. The number of nitrogens with two attached hydrogens (primary N) is 1. The van der Waals surface area contributed by atoms with Gasteiger partial charge in [0.05, 0.1) is 0 Å². The van der Waals surface area contributed by atoms with Crippen LogP contribution in [0.25, 0.3) is 0 Å². The number of ether oxygens (including phenoxy) is 2. The van der Waals surface area contributed by atoms with Gasteiger partial charge in [0, 0.05) is 0 Å². The molecule has 3 rings (SSSR count). The Hall–Kier alpha value is -2.63. The van der Waals surface area contributed by atoms with E-state index in [0.29, 0.717) is 0 Å². The Kier molecular flexibility index (Phi) is 4.14. The van der Waals surface area contributed by atoms with Gasteiger partial charge in [-0.1, -0.05) is 18.2 Å². The van der Waals surface area contributed by atoms with Gasteiger partial charge in [-0.2, -0.15) is 0 Å². The van der Waals surface area contributed by atoms with Crippen LogP contribution in [0.1, 0.15) is 22.3 Å². The summed E-state index contributed by atoms with van der Waals surface area (Å²) in [4.78, 5) is 11.1. The molecule has 120 valence electrons. The minimum absolute atomic E-state index is 0.0923. The zero-order valence-corrected chi connectivity index (χ0v) is 12.2. The molecule has 2 aromatic carbocycles. The van der Waals surface area contributed by atoms with Gasteiger partial charge in [-0.25, -0.2) is 8.78 Å². The summed E-state index contributed by atoms with van der Waals surface area (Å²) in [6.07, 6.45) is 1.32. The number of primary amides is 1. The molecule has 0 saturated heterocycles. The molecule has 0 aliphatic carbocycles. The van der Waals surface area contributed by atoms with Crippen molar-refractivity contribution in [2.75, 3.05) is 6.61 Å². The van der Waals surface area contributed by atoms with Gasteiger partial charge in [-0.3, -0.25) is 4.79 Å². The molecule has 23 heavy (non-hydrogen) atoms. The monoisotopic (exact) mass is 319 g/mol. The summed E-state index contributed by atoms with van der Waals surface area (Å²) >= 11 is 0. The smallest absolute Gasteiger partial charge is 0.254 e. The number of rotatable bonds is 4. The van der Waals surface area contributed by atoms with Crippen molar-refractivity contribution >= 4 is 5.91 Å². The Morgan fingerprint density at radius 3 is 2.83 bits per heavy atom. The summed E-state index contributed by atoms with van der Waals surface area (Å²) in [5, 5.41) is 0. The molecule has 4 nitrogen and oxygen atoms in total. The van der Waals surface area contributed by atoms with Crippen LogP contribution in [0, 0.1) is 11.6 Å². The van der Waals surface area contributed by atoms with Crippen LogP contribution in [0.5, 0.6) is 11.5 Å². The lowest BCUT2D eigenvalue weighted by Crippen LogP contribution is -2.29. The lowest BCUT2D eigenvalue weighted by molar-refractivity contribution is 0.0984. The first kappa shape index (κ1) is 15.3. The molecule has 0 aromatic heterocycles. The molecule has 1 aliphatic rings. The number of carbonyl (C=O) groups excluding carboxylic acids is 1. The van der Waals surface area contributed by atoms with Gasteiger partial charge in [-0.15, -0.1) is 0 Å². The molecule has 6 heteroatoms. The molecule has 1 aliphatic heterocycles. The van der Waals surface area contributed by atoms with Gasteiger partial charge in [0.15, 0.2) is 11.6 Å². The molecule has 2 N–H and O–H groups in total. The van der Waals surface area contributed by atoms with E-state index in [2.05, 4.69) is 0 Å². The van der Waals surface area contributed by atoms with E-state index in [9.17, 15) is 13.6 Å². The Balaban J connectivity index is 1.70. The van der Waals surface area contributed by atoms with E-state index < -0.39 is 23.1 Å². The third kappa shape index (κ3) is 3.11. The minimum Gasteiger partial charge on any atom is -0.487 e. The molecule has 1 heterocycles. The first-order valence-corrected chi connectivity index (χ1v) is 7.21. The van der Waals surface area contributed by atoms with E-state index in [-0.39, 0.29) is 18.5 Å². The number of amides is 1. The first-order valence-electron chi connectivity index (χ1n) is 7.21. The van der Waals surface area contributed by atoms with Crippen LogP contribution in [0.15, 0.2) is 36.4 Å². The fourth-order valence-electron chi connectivity index (χ4n) is 2.55. The van der Waals surface area contributed by atoms with Crippen molar-refractivity contribution < 1.29 is 23.0 Å². The number of fused-ring (bicyclic) bond motifs is 1. The van der Waals surface area contributed by atoms with E-state index in [1.165, 1.54) is 0 Å². The molecule has 0 fully saturated rings. The van der Waals surface area contributed by atoms with Crippen molar-refractivity contribution in [3.8, 4) is 11.5 Å². The summed E-state index contributed by atoms with van der Waals surface area (Å²) in [7, 11) is 0. The summed E-state index contributed by atoms with van der Waals surface area (Å²) < 4.78 is 38.6. The number of benzene rings is 2. The molecule has 0 radical (unpaired) electrons. The highest BCUT2D eigenvalue weighted by atomic mass is 19.1. The summed E-state index contributed by atoms with van der Waals surface area (Å²) in [6.45, 7) is 0.0923. The molecule has 0 saturated carbocycles. The van der Waals surface area contributed by atoms with Gasteiger partial charge >= 0.3 is 0 Å². The molecular formula is C17H15F2NO3. The third-order valence-electron chi connectivity index (χ3n) is 3.73. The van der Waals surface area contributed by atoms with Crippen LogP contribution in [0.2, 0.25) is 0 Å². The van der Waals surface area contributed by atoms with E-state index >= 15 is 0 Å². The maximum atomic E-state index is 14.1. The number of hydrogen-bond donors (Lipinski definition) is 1. The molecule has 1 amide bonds. The standard InChI is InChI=1S/C17H15F2NO3/c18-12-7-8-14(16(19)15(12)17(20)21)22-9-11-6-5-10-3-1-2-4-13(10)23-11/h1-4,7-8,11H,5-6,9H2,(H2,20,21). The fraction of sp³-hybridized carbons (Fsp3) is 0.235. The SMILES string of the molecule is NC(=O)c1c(F)ccc(OCC2CCc3ccccc3O2)c1F. The van der Waals surface area contributed by atoms with Crippen molar-refractivity contribution in [2.45, 2.75) is 18.9 Å². The maximum absolute atomic E-state index is 14.1. The van der Waals surface area contributed by atoms with Crippen molar-refractivity contribution in [1.29, 1.82) is 0 Å². The number of halogens is 2. The Morgan fingerprint density at radius 1 is 1.26 bits per heavy atom. The lowest BCUT2D eigenvalue weighted by atomic mass is 10.0. The van der Waals surface area contributed by atoms with Gasteiger partial charge in [0.1, 0.15) is 29.8 Å². The number of hydrogen-bond acceptors (Lipinski definition) is 3. The summed E-state index contributed by atoms with van der Waals surface area (Å²) in [5.41, 5.74) is 5.30. The lowest BCUT2D eigenvalue weighted by Gasteiger charge is -2.26. The first-order chi connectivity index (χ1) is 11.1. The highest BCUT2D eigenvalue weighted by Gasteiger charge is 2.23. The second-order valence-corrected chi connectivity index (χ2v) is 5.30. The topological polar surface area (TPSA) is 61.6 Å². The quantitative estimate of drug-likeness (QED) is 0.942. The van der Waals surface area contributed by atoms with Crippen LogP contribution in [0.3, 0.4) is 0 Å². The molecule has 0 bridgehead atoms. The maximum Gasteiger partial charge on any atom is 0.254 e. The largest absolute Gasteiger partial charge is 0.487 e. The molecule has 1 unspecified atom stereocenters. The summed E-state index contributed by atoms with van der Waals surface area (Å²) in [5.74, 6) is -2.71. The predicted molar refractivity (Wildman–Crippen MR) is 79.5 cm³/mol. The van der Waals surface area contributed by atoms with Gasteiger partial charge in [-0.05, 0) is 36.6 Å². The average Bonchev–Trinajstić information content (AvgIpc) is 2.53. The zero-order chi connectivity index (χ0) is 16.4. The van der Waals surface area contributed by atoms with Crippen LogP contribution < -0.4 is 15.2 Å². The molecule has 2 aromatic rings. The van der Waals surface area contributed by atoms with Gasteiger partial charge in [0.2, 0.25) is 0 Å². The third-order valence-corrected chi connectivity index (χ3v) is 3.73. The van der Waals surface area contributed by atoms with Crippen molar-refractivity contribution in [2.24, 2.45) is 5.73 Å². The van der Waals surface area contributed by atoms with E-state index in [1.807, 2.05) is 24.3 Å². The van der Waals surface area contributed by atoms with Gasteiger partial charge < -0.3 is 15.2 Å². The fourth-order valence-corrected chi connectivity index (χ4v) is 2.55. The highest BCUT2D eigenvalue weighted by molar-refractivity contribution is 5.93. The van der Waals surface area contributed by atoms with Crippen LogP contribution in [-0.4, -0.2) is 18.6 Å². The van der Waals surface area contributed by atoms with E-state index in [4.69, 9.17) is 15.2 Å². The normalized spacial score (nSPS) is 16.3. The number of para-hydroxylation sites is 1. The Bertz CT molecular complexity index is 749. The van der Waals surface area contributed by atoms with E-state index in [0.717, 1.165) is 36.3 Å². The number of carbonyl (C=O) groups is 1. The average molecular weight is 319 g/mol. The van der Waals surface area contributed by atoms with E-state index in [1.54, 1.807) is 0 Å². The Labute approximate surface area is 131 Å². The second kappa shape index (κ2) is 6.24. The van der Waals surface area contributed by atoms with Gasteiger partial charge in [0.25, 0.3) is 5.91 Å². The van der Waals surface area contributed by atoms with Crippen molar-refractivity contribution in [3.05, 3.63) is 59.2 Å². The molecule has 0 spiro atoms. The van der Waals surface area contributed by atoms with Crippen LogP contribution in [-0.2, 0) is 6.42 Å². The summed E-state index contributed by atoms with van der Waals surface area (Å²) in [6, 6.07) is 9.76. The van der Waals surface area contributed by atoms with Crippen LogP contribution >= 0.6 is 0 Å². The van der Waals surface area contributed by atoms with Crippen LogP contribution in [0.4, 0.5) is 8.78 Å². The zero-order valence-electron chi connectivity index (χ0n) is 12.2. The molecular weight excluding hydrogens is 304 g/mol. The van der Waals surface area contributed by atoms with Crippen molar-refractivity contribution in [1.82, 2.24) is 0 Å². The van der Waals surface area contributed by atoms with Crippen molar-refractivity contribution in [3.63, 3.8) is 0 Å².